The number of carboxylic acid groups (broad SMARTS) is 1. The van der Waals surface area contributed by atoms with Crippen molar-refractivity contribution >= 4 is 11.9 Å². The molecule has 0 unspecified atom stereocenters. The van der Waals surface area contributed by atoms with Crippen molar-refractivity contribution in [1.29, 1.82) is 0 Å². The lowest BCUT2D eigenvalue weighted by molar-refractivity contribution is -0.137. The van der Waals surface area contributed by atoms with Gasteiger partial charge in [0.2, 0.25) is 5.91 Å². The number of amides is 1. The molecular formula is C12H20N2O3. The van der Waals surface area contributed by atoms with Crippen LogP contribution >= 0.6 is 0 Å². The van der Waals surface area contributed by atoms with Gasteiger partial charge in [-0.05, 0) is 12.8 Å². The van der Waals surface area contributed by atoms with E-state index in [0.717, 1.165) is 0 Å². The van der Waals surface area contributed by atoms with Crippen LogP contribution in [0.25, 0.3) is 0 Å². The van der Waals surface area contributed by atoms with Gasteiger partial charge in [0.15, 0.2) is 0 Å². The lowest BCUT2D eigenvalue weighted by Gasteiger charge is -2.27. The molecule has 0 saturated carbocycles. The van der Waals surface area contributed by atoms with Gasteiger partial charge in [0.1, 0.15) is 5.54 Å². The molecule has 0 aromatic rings. The standard InChI is InChI=1S/C12H20N2O3/c1-4-12(5-2,6-3)14-10(15)9-13-8-7-11(16)17/h1,13H,5-9H2,2-3H3,(H,14,15)(H,16,17). The first-order chi connectivity index (χ1) is 7.99. The van der Waals surface area contributed by atoms with Crippen LogP contribution in [0.4, 0.5) is 0 Å². The van der Waals surface area contributed by atoms with Crippen LogP contribution in [-0.4, -0.2) is 35.6 Å². The summed E-state index contributed by atoms with van der Waals surface area (Å²) in [5.74, 6) is 1.50. The van der Waals surface area contributed by atoms with Gasteiger partial charge in [-0.25, -0.2) is 0 Å². The van der Waals surface area contributed by atoms with Crippen LogP contribution in [-0.2, 0) is 9.59 Å². The summed E-state index contributed by atoms with van der Waals surface area (Å²) in [6.07, 6.45) is 6.74. The summed E-state index contributed by atoms with van der Waals surface area (Å²) < 4.78 is 0. The molecule has 3 N–H and O–H groups in total. The van der Waals surface area contributed by atoms with Gasteiger partial charge in [0, 0.05) is 6.54 Å². The number of rotatable bonds is 8. The van der Waals surface area contributed by atoms with Gasteiger partial charge in [-0.15, -0.1) is 6.42 Å². The summed E-state index contributed by atoms with van der Waals surface area (Å²) in [4.78, 5) is 21.8. The third-order valence-corrected chi connectivity index (χ3v) is 2.66. The topological polar surface area (TPSA) is 78.4 Å². The van der Waals surface area contributed by atoms with E-state index in [1.165, 1.54) is 0 Å². The summed E-state index contributed by atoms with van der Waals surface area (Å²) in [5, 5.41) is 13.9. The van der Waals surface area contributed by atoms with Gasteiger partial charge in [-0.3, -0.25) is 9.59 Å². The molecule has 0 radical (unpaired) electrons. The molecule has 0 aromatic carbocycles. The molecule has 0 saturated heterocycles. The normalized spacial score (nSPS) is 10.6. The number of hydrogen-bond acceptors (Lipinski definition) is 3. The van der Waals surface area contributed by atoms with E-state index in [4.69, 9.17) is 11.5 Å². The number of hydrogen-bond donors (Lipinski definition) is 3. The molecule has 1 amide bonds. The van der Waals surface area contributed by atoms with Crippen molar-refractivity contribution in [3.05, 3.63) is 0 Å². The Morgan fingerprint density at radius 3 is 2.35 bits per heavy atom. The largest absolute Gasteiger partial charge is 0.481 e. The molecule has 0 rings (SSSR count). The fourth-order valence-electron chi connectivity index (χ4n) is 1.38. The summed E-state index contributed by atoms with van der Waals surface area (Å²) in [6, 6.07) is 0. The lowest BCUT2D eigenvalue weighted by atomic mass is 9.94. The van der Waals surface area contributed by atoms with Crippen molar-refractivity contribution in [2.45, 2.75) is 38.6 Å². The van der Waals surface area contributed by atoms with Gasteiger partial charge in [0.05, 0.1) is 13.0 Å². The van der Waals surface area contributed by atoms with Gasteiger partial charge >= 0.3 is 5.97 Å². The predicted octanol–water partition coefficient (Wildman–Crippen LogP) is 0.359. The van der Waals surface area contributed by atoms with Crippen LogP contribution in [0.1, 0.15) is 33.1 Å². The molecule has 0 bridgehead atoms. The molecule has 0 heterocycles. The molecule has 0 aromatic heterocycles. The van der Waals surface area contributed by atoms with E-state index in [9.17, 15) is 9.59 Å². The summed E-state index contributed by atoms with van der Waals surface area (Å²) in [7, 11) is 0. The minimum Gasteiger partial charge on any atom is -0.481 e. The zero-order chi connectivity index (χ0) is 13.3. The molecule has 5 nitrogen and oxygen atoms in total. The Hall–Kier alpha value is -1.54. The lowest BCUT2D eigenvalue weighted by Crippen LogP contribution is -2.49. The van der Waals surface area contributed by atoms with Crippen LogP contribution in [0.2, 0.25) is 0 Å². The number of nitrogens with one attached hydrogen (secondary N) is 2. The molecule has 0 fully saturated rings. The van der Waals surface area contributed by atoms with E-state index in [1.54, 1.807) is 0 Å². The van der Waals surface area contributed by atoms with Crippen molar-refractivity contribution < 1.29 is 14.7 Å². The SMILES string of the molecule is C#CC(CC)(CC)NC(=O)CNCCC(=O)O. The number of carboxylic acids is 1. The highest BCUT2D eigenvalue weighted by molar-refractivity contribution is 5.79. The zero-order valence-electron chi connectivity index (χ0n) is 10.4. The van der Waals surface area contributed by atoms with E-state index in [1.807, 2.05) is 13.8 Å². The third-order valence-electron chi connectivity index (χ3n) is 2.66. The average molecular weight is 240 g/mol. The molecule has 96 valence electrons. The van der Waals surface area contributed by atoms with Gasteiger partial charge in [-0.2, -0.15) is 0 Å². The molecule has 0 aliphatic carbocycles. The molecule has 17 heavy (non-hydrogen) atoms. The Bertz CT molecular complexity index is 303. The Morgan fingerprint density at radius 1 is 1.35 bits per heavy atom. The van der Waals surface area contributed by atoms with E-state index >= 15 is 0 Å². The minimum atomic E-state index is -0.891. The van der Waals surface area contributed by atoms with E-state index in [0.29, 0.717) is 12.8 Å². The highest BCUT2D eigenvalue weighted by atomic mass is 16.4. The third kappa shape index (κ3) is 5.93. The number of terminal acetylenes is 1. The first-order valence-corrected chi connectivity index (χ1v) is 5.71. The van der Waals surface area contributed by atoms with E-state index in [-0.39, 0.29) is 25.4 Å². The predicted molar refractivity (Wildman–Crippen MR) is 65.4 cm³/mol. The Morgan fingerprint density at radius 2 is 1.94 bits per heavy atom. The number of carbonyl (C=O) groups excluding carboxylic acids is 1. The Balaban J connectivity index is 4.00. The van der Waals surface area contributed by atoms with Crippen LogP contribution in [0.5, 0.6) is 0 Å². The Labute approximate surface area is 102 Å². The fourth-order valence-corrected chi connectivity index (χ4v) is 1.38. The highest BCUT2D eigenvalue weighted by Gasteiger charge is 2.24. The maximum absolute atomic E-state index is 11.6. The number of carbonyl (C=O) groups is 2. The van der Waals surface area contributed by atoms with Crippen molar-refractivity contribution in [2.24, 2.45) is 0 Å². The second-order valence-corrected chi connectivity index (χ2v) is 3.80. The quantitative estimate of drug-likeness (QED) is 0.423. The first kappa shape index (κ1) is 15.5. The van der Waals surface area contributed by atoms with Crippen LogP contribution in [0.15, 0.2) is 0 Å². The van der Waals surface area contributed by atoms with Crippen molar-refractivity contribution in [1.82, 2.24) is 10.6 Å². The van der Waals surface area contributed by atoms with Crippen LogP contribution < -0.4 is 10.6 Å². The Kier molecular flexibility index (Phi) is 6.99. The highest BCUT2D eigenvalue weighted by Crippen LogP contribution is 2.12. The second-order valence-electron chi connectivity index (χ2n) is 3.80. The maximum atomic E-state index is 11.6. The monoisotopic (exact) mass is 240 g/mol. The molecule has 0 aliphatic heterocycles. The molecular weight excluding hydrogens is 220 g/mol. The van der Waals surface area contributed by atoms with E-state index in [2.05, 4.69) is 16.6 Å². The smallest absolute Gasteiger partial charge is 0.304 e. The van der Waals surface area contributed by atoms with Crippen LogP contribution in [0.3, 0.4) is 0 Å². The van der Waals surface area contributed by atoms with E-state index < -0.39 is 11.5 Å². The van der Waals surface area contributed by atoms with Gasteiger partial charge in [0.25, 0.3) is 0 Å². The zero-order valence-corrected chi connectivity index (χ0v) is 10.4. The second kappa shape index (κ2) is 7.69. The van der Waals surface area contributed by atoms with Gasteiger partial charge < -0.3 is 15.7 Å². The van der Waals surface area contributed by atoms with Gasteiger partial charge in [-0.1, -0.05) is 19.8 Å². The van der Waals surface area contributed by atoms with Crippen LogP contribution in [0, 0.1) is 12.3 Å². The first-order valence-electron chi connectivity index (χ1n) is 5.71. The summed E-state index contributed by atoms with van der Waals surface area (Å²) in [6.45, 7) is 4.18. The van der Waals surface area contributed by atoms with Crippen molar-refractivity contribution in [3.63, 3.8) is 0 Å². The molecule has 0 spiro atoms. The molecule has 0 atom stereocenters. The fraction of sp³-hybridized carbons (Fsp3) is 0.667. The summed E-state index contributed by atoms with van der Waals surface area (Å²) >= 11 is 0. The number of aliphatic carboxylic acids is 1. The van der Waals surface area contributed by atoms with Crippen molar-refractivity contribution in [3.8, 4) is 12.3 Å². The average Bonchev–Trinajstić information content (AvgIpc) is 2.32. The minimum absolute atomic E-state index is 0.00484. The summed E-state index contributed by atoms with van der Waals surface area (Å²) in [5.41, 5.74) is -0.592. The molecule has 5 heteroatoms. The maximum Gasteiger partial charge on any atom is 0.304 e. The molecule has 0 aliphatic rings. The van der Waals surface area contributed by atoms with Crippen molar-refractivity contribution in [2.75, 3.05) is 13.1 Å².